The van der Waals surface area contributed by atoms with E-state index in [0.29, 0.717) is 11.5 Å². The van der Waals surface area contributed by atoms with E-state index in [-0.39, 0.29) is 6.10 Å². The topological polar surface area (TPSA) is 23.5 Å². The van der Waals surface area contributed by atoms with Crippen molar-refractivity contribution in [3.63, 3.8) is 0 Å². The van der Waals surface area contributed by atoms with Gasteiger partial charge >= 0.3 is 0 Å². The quantitative estimate of drug-likeness (QED) is 0.772. The summed E-state index contributed by atoms with van der Waals surface area (Å²) in [5.41, 5.74) is 0.703. The standard InChI is InChI=1S/C16H29NO/c18-15-7-3-2-6-14(15)17-12-10-16(11-13-17)8-4-1-5-9-16/h14-15,18H,1-13H2/t14-,15-/m0/s1. The van der Waals surface area contributed by atoms with E-state index in [0.717, 1.165) is 6.42 Å². The summed E-state index contributed by atoms with van der Waals surface area (Å²) in [6.45, 7) is 2.50. The molecule has 2 heteroatoms. The largest absolute Gasteiger partial charge is 0.391 e. The minimum atomic E-state index is -0.0424. The van der Waals surface area contributed by atoms with E-state index in [9.17, 15) is 5.11 Å². The highest BCUT2D eigenvalue weighted by Gasteiger charge is 2.38. The number of likely N-dealkylation sites (tertiary alicyclic amines) is 1. The molecule has 0 radical (unpaired) electrons. The first kappa shape index (κ1) is 12.9. The van der Waals surface area contributed by atoms with E-state index in [1.54, 1.807) is 0 Å². The highest BCUT2D eigenvalue weighted by Crippen LogP contribution is 2.45. The molecule has 0 amide bonds. The summed E-state index contributed by atoms with van der Waals surface area (Å²) in [6.07, 6.45) is 14.9. The van der Waals surface area contributed by atoms with Gasteiger partial charge in [0.05, 0.1) is 6.10 Å². The van der Waals surface area contributed by atoms with Crippen LogP contribution in [0.2, 0.25) is 0 Å². The molecule has 1 spiro atoms. The molecule has 1 heterocycles. The fourth-order valence-electron chi connectivity index (χ4n) is 4.65. The van der Waals surface area contributed by atoms with Crippen molar-refractivity contribution in [2.24, 2.45) is 5.41 Å². The van der Waals surface area contributed by atoms with Gasteiger partial charge in [-0.2, -0.15) is 0 Å². The maximum absolute atomic E-state index is 10.2. The third-order valence-electron chi connectivity index (χ3n) is 5.94. The fourth-order valence-corrected chi connectivity index (χ4v) is 4.65. The van der Waals surface area contributed by atoms with Crippen molar-refractivity contribution in [2.75, 3.05) is 13.1 Å². The summed E-state index contributed by atoms with van der Waals surface area (Å²) < 4.78 is 0. The van der Waals surface area contributed by atoms with Crippen LogP contribution < -0.4 is 0 Å². The van der Waals surface area contributed by atoms with Crippen LogP contribution in [0, 0.1) is 5.41 Å². The highest BCUT2D eigenvalue weighted by atomic mass is 16.3. The average molecular weight is 251 g/mol. The highest BCUT2D eigenvalue weighted by molar-refractivity contribution is 4.92. The van der Waals surface area contributed by atoms with Crippen molar-refractivity contribution in [2.45, 2.75) is 82.8 Å². The SMILES string of the molecule is O[C@H]1CCCC[C@@H]1N1CCC2(CCCCC2)CC1. The Morgan fingerprint density at radius 2 is 1.44 bits per heavy atom. The lowest BCUT2D eigenvalue weighted by atomic mass is 9.68. The van der Waals surface area contributed by atoms with E-state index in [2.05, 4.69) is 4.90 Å². The van der Waals surface area contributed by atoms with Crippen molar-refractivity contribution in [3.05, 3.63) is 0 Å². The molecule has 1 aliphatic heterocycles. The number of hydrogen-bond acceptors (Lipinski definition) is 2. The Balaban J connectivity index is 1.55. The molecule has 0 unspecified atom stereocenters. The van der Waals surface area contributed by atoms with E-state index >= 15 is 0 Å². The summed E-state index contributed by atoms with van der Waals surface area (Å²) in [5.74, 6) is 0. The van der Waals surface area contributed by atoms with Crippen LogP contribution in [0.1, 0.15) is 70.6 Å². The molecule has 0 bridgehead atoms. The molecule has 18 heavy (non-hydrogen) atoms. The minimum absolute atomic E-state index is 0.0424. The zero-order valence-electron chi connectivity index (χ0n) is 11.7. The van der Waals surface area contributed by atoms with Crippen LogP contribution in [0.25, 0.3) is 0 Å². The molecular formula is C16H29NO. The smallest absolute Gasteiger partial charge is 0.0695 e. The molecule has 2 aliphatic carbocycles. The number of aliphatic hydroxyl groups excluding tert-OH is 1. The van der Waals surface area contributed by atoms with Crippen LogP contribution in [0.3, 0.4) is 0 Å². The van der Waals surface area contributed by atoms with Gasteiger partial charge in [-0.05, 0) is 57.0 Å². The van der Waals surface area contributed by atoms with Gasteiger partial charge in [0.15, 0.2) is 0 Å². The maximum Gasteiger partial charge on any atom is 0.0695 e. The van der Waals surface area contributed by atoms with E-state index < -0.39 is 0 Å². The number of nitrogens with zero attached hydrogens (tertiary/aromatic N) is 1. The van der Waals surface area contributed by atoms with Crippen molar-refractivity contribution in [1.82, 2.24) is 4.90 Å². The van der Waals surface area contributed by atoms with E-state index in [1.807, 2.05) is 0 Å². The van der Waals surface area contributed by atoms with Gasteiger partial charge in [0.2, 0.25) is 0 Å². The minimum Gasteiger partial charge on any atom is -0.391 e. The lowest BCUT2D eigenvalue weighted by molar-refractivity contribution is -0.0204. The van der Waals surface area contributed by atoms with Crippen LogP contribution in [0.5, 0.6) is 0 Å². The van der Waals surface area contributed by atoms with E-state index in [4.69, 9.17) is 0 Å². The monoisotopic (exact) mass is 251 g/mol. The molecule has 3 fully saturated rings. The molecule has 1 saturated heterocycles. The van der Waals surface area contributed by atoms with Gasteiger partial charge in [-0.3, -0.25) is 4.90 Å². The number of rotatable bonds is 1. The summed E-state index contributed by atoms with van der Waals surface area (Å²) in [7, 11) is 0. The Bertz CT molecular complexity index is 262. The zero-order chi connectivity index (χ0) is 12.4. The van der Waals surface area contributed by atoms with Crippen molar-refractivity contribution >= 4 is 0 Å². The predicted molar refractivity (Wildman–Crippen MR) is 74.6 cm³/mol. The molecule has 104 valence electrons. The summed E-state index contributed by atoms with van der Waals surface area (Å²) in [5, 5.41) is 10.2. The second-order valence-corrected chi connectivity index (χ2v) is 7.02. The van der Waals surface area contributed by atoms with Gasteiger partial charge in [-0.1, -0.05) is 32.1 Å². The molecule has 3 rings (SSSR count). The number of aliphatic hydroxyl groups is 1. The molecular weight excluding hydrogens is 222 g/mol. The lowest BCUT2D eigenvalue weighted by Crippen LogP contribution is -2.51. The van der Waals surface area contributed by atoms with Gasteiger partial charge < -0.3 is 5.11 Å². The maximum atomic E-state index is 10.2. The van der Waals surface area contributed by atoms with Crippen molar-refractivity contribution < 1.29 is 5.11 Å². The van der Waals surface area contributed by atoms with Crippen LogP contribution in [0.15, 0.2) is 0 Å². The molecule has 2 nitrogen and oxygen atoms in total. The first-order valence-corrected chi connectivity index (χ1v) is 8.21. The summed E-state index contributed by atoms with van der Waals surface area (Å²) in [4.78, 5) is 2.61. The first-order chi connectivity index (χ1) is 8.79. The van der Waals surface area contributed by atoms with Gasteiger partial charge in [-0.25, -0.2) is 0 Å². The average Bonchev–Trinajstić information content (AvgIpc) is 2.42. The van der Waals surface area contributed by atoms with Gasteiger partial charge in [-0.15, -0.1) is 0 Å². The third-order valence-corrected chi connectivity index (χ3v) is 5.94. The van der Waals surface area contributed by atoms with Gasteiger partial charge in [0, 0.05) is 6.04 Å². The Morgan fingerprint density at radius 3 is 2.11 bits per heavy atom. The van der Waals surface area contributed by atoms with Gasteiger partial charge in [0.1, 0.15) is 0 Å². The zero-order valence-corrected chi connectivity index (χ0v) is 11.7. The number of piperidine rings is 1. The fraction of sp³-hybridized carbons (Fsp3) is 1.00. The Labute approximate surface area is 112 Å². The third kappa shape index (κ3) is 2.60. The Morgan fingerprint density at radius 1 is 0.778 bits per heavy atom. The lowest BCUT2D eigenvalue weighted by Gasteiger charge is -2.48. The molecule has 2 atom stereocenters. The number of hydrogen-bond donors (Lipinski definition) is 1. The molecule has 0 aromatic rings. The normalized spacial score (nSPS) is 37.8. The predicted octanol–water partition coefficient (Wildman–Crippen LogP) is 3.34. The molecule has 2 saturated carbocycles. The summed E-state index contributed by atoms with van der Waals surface area (Å²) in [6, 6.07) is 0.486. The molecule has 0 aromatic heterocycles. The van der Waals surface area contributed by atoms with Crippen molar-refractivity contribution in [1.29, 1.82) is 0 Å². The van der Waals surface area contributed by atoms with Crippen LogP contribution in [0.4, 0.5) is 0 Å². The molecule has 0 aromatic carbocycles. The van der Waals surface area contributed by atoms with E-state index in [1.165, 1.54) is 77.3 Å². The second-order valence-electron chi connectivity index (χ2n) is 7.02. The van der Waals surface area contributed by atoms with Crippen LogP contribution in [-0.2, 0) is 0 Å². The Hall–Kier alpha value is -0.0800. The second kappa shape index (κ2) is 5.50. The molecule has 1 N–H and O–H groups in total. The van der Waals surface area contributed by atoms with Crippen LogP contribution >= 0.6 is 0 Å². The summed E-state index contributed by atoms with van der Waals surface area (Å²) >= 11 is 0. The molecule has 3 aliphatic rings. The van der Waals surface area contributed by atoms with Gasteiger partial charge in [0.25, 0.3) is 0 Å². The van der Waals surface area contributed by atoms with Crippen molar-refractivity contribution in [3.8, 4) is 0 Å². The Kier molecular flexibility index (Phi) is 3.95. The first-order valence-electron chi connectivity index (χ1n) is 8.21. The van der Waals surface area contributed by atoms with Crippen LogP contribution in [-0.4, -0.2) is 35.2 Å².